The number of Topliss-reactive ketones (excluding diaryl/α,β-unsaturated/α-hetero) is 1. The van der Waals surface area contributed by atoms with Crippen molar-refractivity contribution < 1.29 is 38.4 Å². The summed E-state index contributed by atoms with van der Waals surface area (Å²) in [6, 6.07) is 0. The van der Waals surface area contributed by atoms with Gasteiger partial charge in [-0.2, -0.15) is 0 Å². The van der Waals surface area contributed by atoms with Crippen molar-refractivity contribution in [3.63, 3.8) is 0 Å². The average molecular weight is 581 g/mol. The fourth-order valence-corrected chi connectivity index (χ4v) is 8.07. The first-order valence-electron chi connectivity index (χ1n) is 14.7. The van der Waals surface area contributed by atoms with Gasteiger partial charge in [-0.3, -0.25) is 9.79 Å². The molecule has 0 spiro atoms. The Bertz CT molecular complexity index is 1060. The number of aliphatic hydroxyl groups is 2. The molecule has 8 atom stereocenters. The van der Waals surface area contributed by atoms with Crippen LogP contribution in [0.3, 0.4) is 0 Å². The fourth-order valence-electron chi connectivity index (χ4n) is 8.07. The predicted octanol–water partition coefficient (Wildman–Crippen LogP) is 3.82. The van der Waals surface area contributed by atoms with Gasteiger partial charge >= 0.3 is 6.09 Å². The van der Waals surface area contributed by atoms with Gasteiger partial charge in [0.1, 0.15) is 12.2 Å². The number of hydrogen-bond donors (Lipinski definition) is 3. The van der Waals surface area contributed by atoms with Crippen LogP contribution in [0.5, 0.6) is 0 Å². The predicted molar refractivity (Wildman–Crippen MR) is 155 cm³/mol. The van der Waals surface area contributed by atoms with Crippen molar-refractivity contribution in [3.05, 3.63) is 23.8 Å². The standard InChI is InChI=1S/C24H34FNO3.C7H15NO4/c1-6-19(27)24(29)14(2)11-18-17-8-7-15-12-16(26-5)9-10-21(15,3)23(17,25)20(28)13-22(18,24)4;1-8-7(9)12-6-5-11-4-3-10-2/h9-10,12,14,17-18,20,28-29H,6-8,11,13H2,1-5H3;3-6H2,1-2H3,(H,8,9)/t14-,17+,18+,20+,21+,22+,23+,24+;/m1./s1. The number of methoxy groups -OCH3 is 1. The van der Waals surface area contributed by atoms with Crippen molar-refractivity contribution in [1.29, 1.82) is 0 Å². The molecule has 10 heteroatoms. The monoisotopic (exact) mass is 580 g/mol. The first-order chi connectivity index (χ1) is 19.3. The molecule has 0 aromatic carbocycles. The normalized spacial score (nSPS) is 40.0. The molecule has 0 bridgehead atoms. The van der Waals surface area contributed by atoms with Crippen LogP contribution in [-0.2, 0) is 19.0 Å². The van der Waals surface area contributed by atoms with Gasteiger partial charge in [-0.15, -0.1) is 0 Å². The number of carbonyl (C=O) groups is 2. The molecule has 3 saturated carbocycles. The molecule has 232 valence electrons. The van der Waals surface area contributed by atoms with Crippen LogP contribution < -0.4 is 5.32 Å². The maximum atomic E-state index is 17.1. The number of fused-ring (bicyclic) bond motifs is 5. The first-order valence-corrected chi connectivity index (χ1v) is 14.7. The second kappa shape index (κ2) is 13.0. The third-order valence-corrected chi connectivity index (χ3v) is 10.3. The van der Waals surface area contributed by atoms with Crippen molar-refractivity contribution in [2.24, 2.45) is 33.6 Å². The van der Waals surface area contributed by atoms with Crippen LogP contribution >= 0.6 is 0 Å². The van der Waals surface area contributed by atoms with Crippen molar-refractivity contribution in [2.75, 3.05) is 47.6 Å². The van der Waals surface area contributed by atoms with E-state index in [0.29, 0.717) is 32.7 Å². The van der Waals surface area contributed by atoms with E-state index in [-0.39, 0.29) is 37.1 Å². The largest absolute Gasteiger partial charge is 0.447 e. The van der Waals surface area contributed by atoms with Crippen LogP contribution in [-0.4, -0.2) is 92.8 Å². The van der Waals surface area contributed by atoms with Crippen molar-refractivity contribution >= 4 is 17.6 Å². The summed E-state index contributed by atoms with van der Waals surface area (Å²) in [7, 11) is 4.83. The summed E-state index contributed by atoms with van der Waals surface area (Å²) >= 11 is 0. The van der Waals surface area contributed by atoms with Gasteiger partial charge in [0, 0.05) is 44.4 Å². The Morgan fingerprint density at radius 1 is 1.20 bits per heavy atom. The molecule has 0 unspecified atom stereocenters. The zero-order chi connectivity index (χ0) is 30.6. The summed E-state index contributed by atoms with van der Waals surface area (Å²) in [6.45, 7) is 9.21. The average Bonchev–Trinajstić information content (AvgIpc) is 3.16. The maximum absolute atomic E-state index is 17.1. The molecule has 0 aromatic heterocycles. The number of aliphatic hydroxyl groups excluding tert-OH is 1. The molecular formula is C31H49FN2O7. The van der Waals surface area contributed by atoms with Crippen molar-refractivity contribution in [2.45, 2.75) is 77.2 Å². The minimum Gasteiger partial charge on any atom is -0.447 e. The highest BCUT2D eigenvalue weighted by molar-refractivity contribution is 6.05. The molecule has 4 aliphatic rings. The molecule has 0 radical (unpaired) electrons. The number of nitrogens with zero attached hydrogens (tertiary/aromatic N) is 1. The zero-order valence-corrected chi connectivity index (χ0v) is 25.7. The van der Waals surface area contributed by atoms with E-state index in [4.69, 9.17) is 9.47 Å². The molecule has 0 aromatic rings. The molecule has 3 fully saturated rings. The molecule has 0 heterocycles. The summed E-state index contributed by atoms with van der Waals surface area (Å²) in [4.78, 5) is 27.6. The van der Waals surface area contributed by atoms with E-state index in [1.54, 1.807) is 21.1 Å². The summed E-state index contributed by atoms with van der Waals surface area (Å²) < 4.78 is 31.5. The highest BCUT2D eigenvalue weighted by atomic mass is 19.1. The van der Waals surface area contributed by atoms with E-state index in [2.05, 4.69) is 15.0 Å². The van der Waals surface area contributed by atoms with Crippen LogP contribution in [0, 0.1) is 28.6 Å². The van der Waals surface area contributed by atoms with E-state index in [0.717, 1.165) is 17.7 Å². The third-order valence-electron chi connectivity index (χ3n) is 10.3. The highest BCUT2D eigenvalue weighted by Crippen LogP contribution is 2.70. The second-order valence-electron chi connectivity index (χ2n) is 12.2. The van der Waals surface area contributed by atoms with E-state index in [1.165, 1.54) is 7.05 Å². The van der Waals surface area contributed by atoms with E-state index in [1.807, 2.05) is 39.0 Å². The Morgan fingerprint density at radius 3 is 2.49 bits per heavy atom. The lowest BCUT2D eigenvalue weighted by atomic mass is 9.44. The Kier molecular flexibility index (Phi) is 10.6. The van der Waals surface area contributed by atoms with Gasteiger partial charge < -0.3 is 29.7 Å². The lowest BCUT2D eigenvalue weighted by Crippen LogP contribution is -2.69. The minimum absolute atomic E-state index is 0.0999. The number of alkyl carbamates (subject to hydrolysis) is 1. The molecule has 41 heavy (non-hydrogen) atoms. The number of ether oxygens (including phenoxy) is 3. The number of rotatable bonds is 8. The van der Waals surface area contributed by atoms with Crippen molar-refractivity contribution in [1.82, 2.24) is 5.32 Å². The smallest absolute Gasteiger partial charge is 0.406 e. The molecule has 4 rings (SSSR count). The van der Waals surface area contributed by atoms with Gasteiger partial charge in [0.05, 0.1) is 31.6 Å². The number of allylic oxidation sites excluding steroid dienone is 4. The zero-order valence-electron chi connectivity index (χ0n) is 25.7. The summed E-state index contributed by atoms with van der Waals surface area (Å²) in [5, 5.41) is 25.2. The number of nitrogens with one attached hydrogen (secondary N) is 1. The first kappa shape index (κ1) is 33.4. The second-order valence-corrected chi connectivity index (χ2v) is 12.2. The molecule has 9 nitrogen and oxygen atoms in total. The number of hydrogen-bond acceptors (Lipinski definition) is 8. The molecule has 1 amide bonds. The van der Waals surface area contributed by atoms with Gasteiger partial charge in [-0.05, 0) is 56.6 Å². The van der Waals surface area contributed by atoms with Crippen LogP contribution in [0.4, 0.5) is 9.18 Å². The van der Waals surface area contributed by atoms with Crippen molar-refractivity contribution in [3.8, 4) is 0 Å². The van der Waals surface area contributed by atoms with E-state index in [9.17, 15) is 19.8 Å². The van der Waals surface area contributed by atoms with Gasteiger partial charge in [0.15, 0.2) is 11.5 Å². The lowest BCUT2D eigenvalue weighted by Gasteiger charge is -2.62. The number of halogens is 1. The quantitative estimate of drug-likeness (QED) is 0.373. The van der Waals surface area contributed by atoms with Crippen LogP contribution in [0.2, 0.25) is 0 Å². The number of ketones is 1. The highest BCUT2D eigenvalue weighted by Gasteiger charge is 2.75. The third kappa shape index (κ3) is 5.53. The molecular weight excluding hydrogens is 531 g/mol. The Balaban J connectivity index is 0.000000327. The van der Waals surface area contributed by atoms with Crippen LogP contribution in [0.1, 0.15) is 59.8 Å². The summed E-state index contributed by atoms with van der Waals surface area (Å²) in [5.41, 5.74) is -3.23. The number of aliphatic imine (C=N–C) groups is 1. The van der Waals surface area contributed by atoms with E-state index >= 15 is 4.39 Å². The SMILES string of the molecule is CCC(=O)[C@@]1(O)[C@H](C)C[C@H]2[C@@H]3CCC4=CC(=NC)C=C[C@]4(C)[C@@]3(F)[C@@H](O)C[C@@]21C.CNC(=O)OCCOCCOC. The molecule has 3 N–H and O–H groups in total. The van der Waals surface area contributed by atoms with E-state index < -0.39 is 40.2 Å². The van der Waals surface area contributed by atoms with Crippen LogP contribution in [0.15, 0.2) is 28.8 Å². The van der Waals surface area contributed by atoms with Gasteiger partial charge in [0.25, 0.3) is 0 Å². The molecule has 0 saturated heterocycles. The Hall–Kier alpha value is -2.14. The number of carbonyl (C=O) groups excluding carboxylic acids is 2. The Labute approximate surface area is 243 Å². The Morgan fingerprint density at radius 2 is 1.88 bits per heavy atom. The number of amides is 1. The lowest BCUT2D eigenvalue weighted by molar-refractivity contribution is -0.218. The van der Waals surface area contributed by atoms with Gasteiger partial charge in [-0.1, -0.05) is 32.4 Å². The topological polar surface area (TPSA) is 127 Å². The van der Waals surface area contributed by atoms with Crippen LogP contribution in [0.25, 0.3) is 0 Å². The summed E-state index contributed by atoms with van der Waals surface area (Å²) in [5.74, 6) is -0.966. The molecule has 0 aliphatic heterocycles. The summed E-state index contributed by atoms with van der Waals surface area (Å²) in [6.07, 6.45) is 6.33. The van der Waals surface area contributed by atoms with Gasteiger partial charge in [0.2, 0.25) is 0 Å². The maximum Gasteiger partial charge on any atom is 0.406 e. The fraction of sp³-hybridized carbons (Fsp3) is 0.774. The molecule has 4 aliphatic carbocycles. The number of alkyl halides is 1. The minimum atomic E-state index is -1.82. The van der Waals surface area contributed by atoms with Gasteiger partial charge in [-0.25, -0.2) is 9.18 Å².